The van der Waals surface area contributed by atoms with Crippen molar-refractivity contribution in [2.24, 2.45) is 5.73 Å². The normalized spacial score (nSPS) is 9.11. The first-order valence-electron chi connectivity index (χ1n) is 1.63. The summed E-state index contributed by atoms with van der Waals surface area (Å²) in [6.45, 7) is 1.42. The van der Waals surface area contributed by atoms with E-state index in [1.807, 2.05) is 0 Å². The summed E-state index contributed by atoms with van der Waals surface area (Å²) in [6, 6.07) is -0.731. The number of aliphatic carboxylic acids is 1. The van der Waals surface area contributed by atoms with Crippen molar-refractivity contribution < 1.29 is 19.3 Å². The Labute approximate surface area is 68.3 Å². The average Bonchev–Trinajstić information content (AvgIpc) is 1.36. The van der Waals surface area contributed by atoms with Crippen molar-refractivity contribution in [2.45, 2.75) is 13.0 Å². The van der Waals surface area contributed by atoms with Crippen molar-refractivity contribution >= 4 is 29.9 Å². The number of halogens is 2. The second-order valence-corrected chi connectivity index (χ2v) is 1.13. The van der Waals surface area contributed by atoms with E-state index in [4.69, 9.17) is 10.8 Å². The molecule has 9 heavy (non-hydrogen) atoms. The van der Waals surface area contributed by atoms with Crippen LogP contribution in [-0.4, -0.2) is 41.0 Å². The van der Waals surface area contributed by atoms with E-state index in [-0.39, 0.29) is 33.3 Å². The summed E-state index contributed by atoms with van der Waals surface area (Å²) in [6.07, 6.45) is 0. The maximum atomic E-state index is 9.57. The van der Waals surface area contributed by atoms with Crippen molar-refractivity contribution in [3.8, 4) is 0 Å². The van der Waals surface area contributed by atoms with Crippen molar-refractivity contribution in [1.82, 2.24) is 0 Å². The molecule has 0 aliphatic heterocycles. The van der Waals surface area contributed by atoms with Gasteiger partial charge >= 0.3 is 29.9 Å². The smallest absolute Gasteiger partial charge is 1.00 e. The summed E-state index contributed by atoms with van der Waals surface area (Å²) in [5.74, 6) is -0.963. The zero-order chi connectivity index (χ0) is 5.15. The molecule has 0 unspecified atom stereocenters. The minimum Gasteiger partial charge on any atom is -1.00 e. The molecule has 0 amide bonds. The van der Waals surface area contributed by atoms with Crippen LogP contribution in [0.2, 0.25) is 0 Å². The molecule has 0 aromatic rings. The standard InChI is InChI=1S/C3H7NO2.2FH.Sn/c1-2(4)3(5)6;;;/h2H,4H2,1H3,(H,5,6);2*1H;/q;;;+2/p-2/t2-;;;/m0.../s1. The number of hydrogen-bond donors (Lipinski definition) is 2. The van der Waals surface area contributed by atoms with Crippen LogP contribution in [0.25, 0.3) is 0 Å². The minimum absolute atomic E-state index is 0. The molecule has 0 aliphatic rings. The summed E-state index contributed by atoms with van der Waals surface area (Å²) < 4.78 is 0. The van der Waals surface area contributed by atoms with E-state index in [9.17, 15) is 4.79 Å². The van der Waals surface area contributed by atoms with Crippen LogP contribution in [0.5, 0.6) is 0 Å². The maximum absolute atomic E-state index is 9.57. The van der Waals surface area contributed by atoms with Crippen molar-refractivity contribution in [3.05, 3.63) is 0 Å². The molecule has 3 N–H and O–H groups in total. The summed E-state index contributed by atoms with van der Waals surface area (Å²) in [4.78, 5) is 9.57. The monoisotopic (exact) mass is 247 g/mol. The van der Waals surface area contributed by atoms with Crippen LogP contribution in [0.4, 0.5) is 0 Å². The second kappa shape index (κ2) is 11.0. The third-order valence-corrected chi connectivity index (χ3v) is 0.390. The minimum atomic E-state index is -0.963. The third-order valence-electron chi connectivity index (χ3n) is 0.390. The Morgan fingerprint density at radius 1 is 1.56 bits per heavy atom. The first-order valence-corrected chi connectivity index (χ1v) is 1.63. The van der Waals surface area contributed by atoms with Crippen LogP contribution < -0.4 is 15.1 Å². The third kappa shape index (κ3) is 17.9. The van der Waals surface area contributed by atoms with Gasteiger partial charge in [-0.15, -0.1) is 0 Å². The van der Waals surface area contributed by atoms with Gasteiger partial charge in [0.05, 0.1) is 0 Å². The number of carboxylic acids is 1. The van der Waals surface area contributed by atoms with Gasteiger partial charge in [0.25, 0.3) is 0 Å². The summed E-state index contributed by atoms with van der Waals surface area (Å²) in [5, 5.41) is 7.87. The Balaban J connectivity index is -0.0000000417. The molecule has 0 saturated heterocycles. The molecule has 2 radical (unpaired) electrons. The van der Waals surface area contributed by atoms with Crippen LogP contribution in [0.1, 0.15) is 6.92 Å². The molecule has 54 valence electrons. The summed E-state index contributed by atoms with van der Waals surface area (Å²) in [5.41, 5.74) is 4.84. The van der Waals surface area contributed by atoms with Crippen molar-refractivity contribution in [1.29, 1.82) is 0 Å². The van der Waals surface area contributed by atoms with Gasteiger partial charge in [-0.1, -0.05) is 0 Å². The fourth-order valence-electron chi connectivity index (χ4n) is 0. The van der Waals surface area contributed by atoms with Crippen molar-refractivity contribution in [2.75, 3.05) is 0 Å². The molecule has 0 aromatic carbocycles. The van der Waals surface area contributed by atoms with Gasteiger partial charge in [0.1, 0.15) is 6.04 Å². The van der Waals surface area contributed by atoms with Crippen LogP contribution in [0.15, 0.2) is 0 Å². The first-order chi connectivity index (χ1) is 2.64. The zero-order valence-corrected chi connectivity index (χ0v) is 7.62. The van der Waals surface area contributed by atoms with Crippen LogP contribution in [-0.2, 0) is 4.79 Å². The molecule has 6 heteroatoms. The molecule has 0 fully saturated rings. The molecule has 0 saturated carbocycles. The molecule has 0 aromatic heterocycles. The molecule has 0 spiro atoms. The van der Waals surface area contributed by atoms with Crippen molar-refractivity contribution in [3.63, 3.8) is 0 Å². The van der Waals surface area contributed by atoms with Gasteiger partial charge < -0.3 is 20.2 Å². The Bertz CT molecular complexity index is 70.8. The second-order valence-electron chi connectivity index (χ2n) is 1.13. The average molecular weight is 246 g/mol. The van der Waals surface area contributed by atoms with E-state index >= 15 is 0 Å². The fraction of sp³-hybridized carbons (Fsp3) is 0.667. The van der Waals surface area contributed by atoms with E-state index in [1.165, 1.54) is 6.92 Å². The Morgan fingerprint density at radius 3 is 1.67 bits per heavy atom. The zero-order valence-electron chi connectivity index (χ0n) is 4.77. The van der Waals surface area contributed by atoms with E-state index < -0.39 is 12.0 Å². The van der Waals surface area contributed by atoms with Gasteiger partial charge in [0.15, 0.2) is 0 Å². The van der Waals surface area contributed by atoms with E-state index in [0.29, 0.717) is 0 Å². The van der Waals surface area contributed by atoms with Gasteiger partial charge in [-0.05, 0) is 6.92 Å². The molecule has 0 heterocycles. The predicted octanol–water partition coefficient (Wildman–Crippen LogP) is -6.95. The first kappa shape index (κ1) is 23.0. The van der Waals surface area contributed by atoms with Crippen LogP contribution >= 0.6 is 0 Å². The molecular formula is C3H7F2NO2Sn. The van der Waals surface area contributed by atoms with Gasteiger partial charge in [-0.2, -0.15) is 0 Å². The maximum Gasteiger partial charge on any atom is 2.00 e. The van der Waals surface area contributed by atoms with E-state index in [0.717, 1.165) is 0 Å². The molecule has 0 aliphatic carbocycles. The Morgan fingerprint density at radius 2 is 1.67 bits per heavy atom. The topological polar surface area (TPSA) is 63.3 Å². The van der Waals surface area contributed by atoms with Gasteiger partial charge in [-0.3, -0.25) is 4.79 Å². The molecule has 0 rings (SSSR count). The van der Waals surface area contributed by atoms with Crippen LogP contribution in [0, 0.1) is 0 Å². The predicted molar refractivity (Wildman–Crippen MR) is 27.0 cm³/mol. The van der Waals surface area contributed by atoms with Gasteiger partial charge in [-0.25, -0.2) is 0 Å². The number of carbonyl (C=O) groups is 1. The fourth-order valence-corrected chi connectivity index (χ4v) is 0. The molecule has 0 bridgehead atoms. The van der Waals surface area contributed by atoms with Crippen LogP contribution in [0.3, 0.4) is 0 Å². The quantitative estimate of drug-likeness (QED) is 0.452. The summed E-state index contributed by atoms with van der Waals surface area (Å²) in [7, 11) is 0. The largest absolute Gasteiger partial charge is 2.00 e. The number of rotatable bonds is 1. The molecule has 3 nitrogen and oxygen atoms in total. The number of carboxylic acid groups (broad SMARTS) is 1. The molecule has 1 atom stereocenters. The SMILES string of the molecule is C[C@H](N)C(=O)O.[F-].[F-].[Sn+2]. The number of nitrogens with two attached hydrogens (primary N) is 1. The molecular weight excluding hydrogens is 239 g/mol. The number of hydrogen-bond acceptors (Lipinski definition) is 2. The van der Waals surface area contributed by atoms with Gasteiger partial charge in [0.2, 0.25) is 0 Å². The Hall–Kier alpha value is 0.0887. The Kier molecular flexibility index (Phi) is 28.0. The van der Waals surface area contributed by atoms with E-state index in [1.54, 1.807) is 0 Å². The van der Waals surface area contributed by atoms with E-state index in [2.05, 4.69) is 0 Å². The van der Waals surface area contributed by atoms with Gasteiger partial charge in [0, 0.05) is 0 Å². The summed E-state index contributed by atoms with van der Waals surface area (Å²) >= 11 is 0.